The molecule has 0 atom stereocenters. The second-order valence-electron chi connectivity index (χ2n) is 7.36. The quantitative estimate of drug-likeness (QED) is 0.281. The molecule has 4 rings (SSSR count). The van der Waals surface area contributed by atoms with Gasteiger partial charge in [-0.15, -0.1) is 0 Å². The molecule has 0 spiro atoms. The summed E-state index contributed by atoms with van der Waals surface area (Å²) in [6, 6.07) is 18.0. The molecule has 2 aromatic heterocycles. The summed E-state index contributed by atoms with van der Waals surface area (Å²) in [5, 5.41) is 13.9. The van der Waals surface area contributed by atoms with Crippen LogP contribution < -0.4 is 10.2 Å². The topological polar surface area (TPSA) is 97.1 Å². The molecule has 2 heterocycles. The van der Waals surface area contributed by atoms with Gasteiger partial charge >= 0.3 is 0 Å². The molecule has 0 bridgehead atoms. The molecular weight excluding hydrogens is 442 g/mol. The third-order valence-electron chi connectivity index (χ3n) is 5.00. The van der Waals surface area contributed by atoms with E-state index in [1.807, 2.05) is 35.2 Å². The number of halogens is 2. The van der Waals surface area contributed by atoms with Crippen molar-refractivity contribution in [2.24, 2.45) is 0 Å². The standard InChI is InChI=1S/C24H20F2N6O2/c25-20-8-6-17(14-21(20)26)16-31(13-12-27-23-9-7-19(15-29-23)32(33)34)24-28-11-10-22(30-24)18-4-2-1-3-5-18/h1-11,14-15H,12-13,16H2,(H,27,29). The van der Waals surface area contributed by atoms with Crippen LogP contribution in [-0.4, -0.2) is 33.0 Å². The lowest BCUT2D eigenvalue weighted by atomic mass is 10.1. The summed E-state index contributed by atoms with van der Waals surface area (Å²) < 4.78 is 27.2. The fraction of sp³-hybridized carbons (Fsp3) is 0.125. The van der Waals surface area contributed by atoms with E-state index < -0.39 is 16.6 Å². The van der Waals surface area contributed by atoms with Crippen molar-refractivity contribution in [2.45, 2.75) is 6.54 Å². The number of aromatic nitrogens is 3. The zero-order chi connectivity index (χ0) is 23.9. The Labute approximate surface area is 194 Å². The van der Waals surface area contributed by atoms with Crippen LogP contribution in [0.5, 0.6) is 0 Å². The van der Waals surface area contributed by atoms with Crippen molar-refractivity contribution in [3.63, 3.8) is 0 Å². The van der Waals surface area contributed by atoms with Gasteiger partial charge in [0, 0.05) is 37.5 Å². The number of pyridine rings is 1. The largest absolute Gasteiger partial charge is 0.368 e. The number of hydrogen-bond acceptors (Lipinski definition) is 7. The molecule has 172 valence electrons. The lowest BCUT2D eigenvalue weighted by Gasteiger charge is -2.23. The van der Waals surface area contributed by atoms with Crippen molar-refractivity contribution in [1.82, 2.24) is 15.0 Å². The summed E-state index contributed by atoms with van der Waals surface area (Å²) in [4.78, 5) is 25.2. The van der Waals surface area contributed by atoms with E-state index in [-0.39, 0.29) is 12.2 Å². The zero-order valence-corrected chi connectivity index (χ0v) is 17.9. The maximum absolute atomic E-state index is 13.8. The van der Waals surface area contributed by atoms with Crippen molar-refractivity contribution in [3.8, 4) is 11.3 Å². The van der Waals surface area contributed by atoms with Crippen LogP contribution in [0, 0.1) is 21.7 Å². The molecule has 0 radical (unpaired) electrons. The Morgan fingerprint density at radius 1 is 0.971 bits per heavy atom. The monoisotopic (exact) mass is 462 g/mol. The zero-order valence-electron chi connectivity index (χ0n) is 17.9. The molecule has 0 aliphatic carbocycles. The Morgan fingerprint density at radius 2 is 1.79 bits per heavy atom. The average Bonchev–Trinajstić information content (AvgIpc) is 2.86. The van der Waals surface area contributed by atoms with Crippen LogP contribution in [0.15, 0.2) is 79.1 Å². The number of anilines is 2. The number of nitrogens with zero attached hydrogens (tertiary/aromatic N) is 5. The van der Waals surface area contributed by atoms with E-state index in [9.17, 15) is 18.9 Å². The van der Waals surface area contributed by atoms with Crippen LogP contribution in [0.25, 0.3) is 11.3 Å². The lowest BCUT2D eigenvalue weighted by molar-refractivity contribution is -0.385. The van der Waals surface area contributed by atoms with Gasteiger partial charge in [-0.05, 0) is 29.8 Å². The average molecular weight is 462 g/mol. The van der Waals surface area contributed by atoms with Gasteiger partial charge in [-0.1, -0.05) is 36.4 Å². The first-order valence-electron chi connectivity index (χ1n) is 10.4. The minimum absolute atomic E-state index is 0.100. The van der Waals surface area contributed by atoms with Crippen molar-refractivity contribution < 1.29 is 13.7 Å². The van der Waals surface area contributed by atoms with Gasteiger partial charge in [-0.3, -0.25) is 10.1 Å². The van der Waals surface area contributed by atoms with Crippen molar-refractivity contribution in [1.29, 1.82) is 0 Å². The van der Waals surface area contributed by atoms with Crippen LogP contribution in [0.4, 0.5) is 26.2 Å². The number of nitro groups is 1. The molecule has 34 heavy (non-hydrogen) atoms. The third-order valence-corrected chi connectivity index (χ3v) is 5.00. The smallest absolute Gasteiger partial charge is 0.287 e. The lowest BCUT2D eigenvalue weighted by Crippen LogP contribution is -2.30. The van der Waals surface area contributed by atoms with Crippen LogP contribution in [0.1, 0.15) is 5.56 Å². The van der Waals surface area contributed by atoms with Gasteiger partial charge in [0.2, 0.25) is 5.95 Å². The third kappa shape index (κ3) is 5.66. The second-order valence-corrected chi connectivity index (χ2v) is 7.36. The highest BCUT2D eigenvalue weighted by atomic mass is 19.2. The van der Waals surface area contributed by atoms with Crippen LogP contribution in [-0.2, 0) is 6.54 Å². The summed E-state index contributed by atoms with van der Waals surface area (Å²) in [6.07, 6.45) is 2.82. The summed E-state index contributed by atoms with van der Waals surface area (Å²) in [5.74, 6) is -0.949. The number of rotatable bonds is 9. The molecule has 0 fully saturated rings. The molecule has 0 unspecified atom stereocenters. The van der Waals surface area contributed by atoms with Crippen molar-refractivity contribution in [3.05, 3.63) is 106 Å². The highest BCUT2D eigenvalue weighted by molar-refractivity contribution is 5.60. The highest BCUT2D eigenvalue weighted by Gasteiger charge is 2.14. The first kappa shape index (κ1) is 22.7. The van der Waals surface area contributed by atoms with Crippen LogP contribution in [0.2, 0.25) is 0 Å². The van der Waals surface area contributed by atoms with Gasteiger partial charge in [0.1, 0.15) is 12.0 Å². The normalized spacial score (nSPS) is 10.6. The molecule has 0 amide bonds. The summed E-state index contributed by atoms with van der Waals surface area (Å²) >= 11 is 0. The van der Waals surface area contributed by atoms with Gasteiger partial charge in [-0.2, -0.15) is 0 Å². The summed E-state index contributed by atoms with van der Waals surface area (Å²) in [7, 11) is 0. The van der Waals surface area contributed by atoms with Gasteiger partial charge in [0.05, 0.1) is 10.6 Å². The van der Waals surface area contributed by atoms with Gasteiger partial charge in [-0.25, -0.2) is 23.7 Å². The highest BCUT2D eigenvalue weighted by Crippen LogP contribution is 2.20. The van der Waals surface area contributed by atoms with E-state index in [1.54, 1.807) is 12.3 Å². The van der Waals surface area contributed by atoms with E-state index in [1.165, 1.54) is 24.4 Å². The number of benzene rings is 2. The van der Waals surface area contributed by atoms with Crippen LogP contribution >= 0.6 is 0 Å². The maximum Gasteiger partial charge on any atom is 0.287 e. The van der Waals surface area contributed by atoms with E-state index in [4.69, 9.17) is 0 Å². The van der Waals surface area contributed by atoms with Crippen molar-refractivity contribution in [2.75, 3.05) is 23.3 Å². The summed E-state index contributed by atoms with van der Waals surface area (Å²) in [5.41, 5.74) is 2.11. The first-order chi connectivity index (χ1) is 16.5. The molecule has 10 heteroatoms. The Bertz CT molecular complexity index is 1270. The van der Waals surface area contributed by atoms with Crippen molar-refractivity contribution >= 4 is 17.5 Å². The molecule has 0 aliphatic heterocycles. The second kappa shape index (κ2) is 10.4. The molecule has 4 aromatic rings. The number of nitrogens with one attached hydrogen (secondary N) is 1. The predicted octanol–water partition coefficient (Wildman–Crippen LogP) is 4.84. The Kier molecular flexibility index (Phi) is 6.97. The van der Waals surface area contributed by atoms with E-state index in [0.29, 0.717) is 30.4 Å². The van der Waals surface area contributed by atoms with E-state index in [2.05, 4.69) is 20.3 Å². The molecule has 8 nitrogen and oxygen atoms in total. The summed E-state index contributed by atoms with van der Waals surface area (Å²) in [6.45, 7) is 1.04. The molecule has 2 aromatic carbocycles. The van der Waals surface area contributed by atoms with E-state index >= 15 is 0 Å². The minimum Gasteiger partial charge on any atom is -0.368 e. The Balaban J connectivity index is 1.54. The molecule has 0 saturated carbocycles. The SMILES string of the molecule is O=[N+]([O-])c1ccc(NCCN(Cc2ccc(F)c(F)c2)c2nccc(-c3ccccc3)n2)nc1. The first-order valence-corrected chi connectivity index (χ1v) is 10.4. The fourth-order valence-electron chi connectivity index (χ4n) is 3.30. The number of hydrogen-bond donors (Lipinski definition) is 1. The maximum atomic E-state index is 13.8. The minimum atomic E-state index is -0.926. The van der Waals surface area contributed by atoms with Gasteiger partial charge in [0.15, 0.2) is 11.6 Å². The van der Waals surface area contributed by atoms with Gasteiger partial charge < -0.3 is 10.2 Å². The molecule has 0 saturated heterocycles. The molecule has 0 aliphatic rings. The van der Waals surface area contributed by atoms with Crippen LogP contribution in [0.3, 0.4) is 0 Å². The molecule has 1 N–H and O–H groups in total. The van der Waals surface area contributed by atoms with Gasteiger partial charge in [0.25, 0.3) is 5.69 Å². The Morgan fingerprint density at radius 3 is 2.50 bits per heavy atom. The molecular formula is C24H20F2N6O2. The Hall–Kier alpha value is -4.47. The van der Waals surface area contributed by atoms with E-state index in [0.717, 1.165) is 23.4 Å². The predicted molar refractivity (Wildman–Crippen MR) is 124 cm³/mol. The fourth-order valence-corrected chi connectivity index (χ4v) is 3.30.